The van der Waals surface area contributed by atoms with Crippen molar-refractivity contribution in [3.8, 4) is 0 Å². The first-order chi connectivity index (χ1) is 16.0. The molecule has 5 N–H and O–H groups in total. The van der Waals surface area contributed by atoms with Crippen LogP contribution in [0.1, 0.15) is 28.9 Å². The van der Waals surface area contributed by atoms with Crippen LogP contribution in [0, 0.1) is 5.41 Å². The molecule has 0 spiro atoms. The third-order valence-corrected chi connectivity index (χ3v) is 6.58. The fourth-order valence-corrected chi connectivity index (χ4v) is 4.88. The molecule has 0 aliphatic carbocycles. The van der Waals surface area contributed by atoms with Gasteiger partial charge in [0.25, 0.3) is 11.3 Å². The van der Waals surface area contributed by atoms with Crippen LogP contribution in [-0.2, 0) is 24.1 Å². The zero-order valence-electron chi connectivity index (χ0n) is 17.9. The lowest BCUT2D eigenvalue weighted by Crippen LogP contribution is -2.22. The summed E-state index contributed by atoms with van der Waals surface area (Å²) >= 11 is -2.25. The first kappa shape index (κ1) is 21.2. The van der Waals surface area contributed by atoms with Gasteiger partial charge in [-0.25, -0.2) is 8.51 Å². The molecular weight excluding hydrogens is 436 g/mol. The van der Waals surface area contributed by atoms with Crippen molar-refractivity contribution >= 4 is 45.1 Å². The second-order valence-electron chi connectivity index (χ2n) is 8.09. The predicted molar refractivity (Wildman–Crippen MR) is 133 cm³/mol. The van der Waals surface area contributed by atoms with Crippen LogP contribution in [0.3, 0.4) is 0 Å². The van der Waals surface area contributed by atoms with Crippen molar-refractivity contribution in [3.63, 3.8) is 0 Å². The summed E-state index contributed by atoms with van der Waals surface area (Å²) in [6.07, 6.45) is 2.57. The molecule has 2 heterocycles. The van der Waals surface area contributed by atoms with Gasteiger partial charge in [0, 0.05) is 30.0 Å². The van der Waals surface area contributed by atoms with Crippen molar-refractivity contribution in [2.75, 3.05) is 16.2 Å². The quantitative estimate of drug-likeness (QED) is 0.185. The van der Waals surface area contributed by atoms with Crippen LogP contribution in [0.25, 0.3) is 11.0 Å². The van der Waals surface area contributed by atoms with Crippen molar-refractivity contribution in [1.29, 1.82) is 5.41 Å². The van der Waals surface area contributed by atoms with E-state index in [1.807, 2.05) is 54.6 Å². The van der Waals surface area contributed by atoms with Crippen molar-refractivity contribution in [2.24, 2.45) is 5.73 Å². The van der Waals surface area contributed by atoms with E-state index in [9.17, 15) is 8.76 Å². The van der Waals surface area contributed by atoms with E-state index in [-0.39, 0.29) is 5.84 Å². The second-order valence-corrected chi connectivity index (χ2v) is 8.92. The number of furan rings is 1. The summed E-state index contributed by atoms with van der Waals surface area (Å²) in [6, 6.07) is 20.8. The van der Waals surface area contributed by atoms with Crippen molar-refractivity contribution in [1.82, 2.24) is 0 Å². The van der Waals surface area contributed by atoms with Gasteiger partial charge in [-0.05, 0) is 48.2 Å². The number of nitrogen functional groups attached to an aromatic ring is 1. The van der Waals surface area contributed by atoms with Crippen LogP contribution in [0.5, 0.6) is 0 Å². The Balaban J connectivity index is 1.47. The number of anilines is 3. The lowest BCUT2D eigenvalue weighted by molar-refractivity contribution is 0.562. The summed E-state index contributed by atoms with van der Waals surface area (Å²) in [7, 11) is 0. The Morgan fingerprint density at radius 2 is 1.97 bits per heavy atom. The molecule has 4 aromatic rings. The van der Waals surface area contributed by atoms with E-state index >= 15 is 0 Å². The number of nitrogens with two attached hydrogens (primary N) is 1. The molecule has 5 rings (SSSR count). The third kappa shape index (κ3) is 4.22. The van der Waals surface area contributed by atoms with Crippen LogP contribution >= 0.6 is 0 Å². The number of nitrogens with zero attached hydrogens (tertiary/aromatic N) is 1. The number of rotatable bonds is 6. The Morgan fingerprint density at radius 3 is 2.73 bits per heavy atom. The molecule has 0 bridgehead atoms. The summed E-state index contributed by atoms with van der Waals surface area (Å²) in [6.45, 7) is 0.837. The van der Waals surface area contributed by atoms with E-state index in [2.05, 4.69) is 11.4 Å². The second kappa shape index (κ2) is 8.73. The molecule has 0 amide bonds. The Kier molecular flexibility index (Phi) is 5.62. The molecule has 1 aromatic heterocycles. The van der Waals surface area contributed by atoms with Gasteiger partial charge in [-0.15, -0.1) is 0 Å². The Morgan fingerprint density at radius 1 is 1.15 bits per heavy atom. The minimum absolute atomic E-state index is 0.0403. The van der Waals surface area contributed by atoms with E-state index < -0.39 is 11.3 Å². The first-order valence-corrected chi connectivity index (χ1v) is 11.8. The zero-order chi connectivity index (χ0) is 22.9. The number of hydrogen-bond donors (Lipinski definition) is 4. The highest BCUT2D eigenvalue weighted by atomic mass is 32.2. The van der Waals surface area contributed by atoms with Gasteiger partial charge in [-0.1, -0.05) is 36.4 Å². The van der Waals surface area contributed by atoms with Gasteiger partial charge in [-0.2, -0.15) is 0 Å². The van der Waals surface area contributed by atoms with Crippen LogP contribution in [0.4, 0.5) is 17.1 Å². The van der Waals surface area contributed by atoms with Gasteiger partial charge in [-0.3, -0.25) is 9.96 Å². The molecule has 1 aliphatic heterocycles. The average molecular weight is 461 g/mol. The molecular formula is C25H24N4O3S. The fourth-order valence-electron chi connectivity index (χ4n) is 4.27. The molecule has 0 radical (unpaired) electrons. The molecule has 8 heteroatoms. The number of nitrogens with one attached hydrogen (secondary N) is 2. The molecule has 0 saturated carbocycles. The van der Waals surface area contributed by atoms with Crippen LogP contribution in [-0.4, -0.2) is 21.1 Å². The number of benzene rings is 3. The highest BCUT2D eigenvalue weighted by Gasteiger charge is 2.23. The molecule has 168 valence electrons. The SMILES string of the molecule is N=C(N)c1ccc(Cc2cc3ccc(N(c4cccc5c4NCCC5)S(=O)O)cc3o2)cc1. The van der Waals surface area contributed by atoms with Gasteiger partial charge in [0.05, 0.1) is 17.1 Å². The largest absolute Gasteiger partial charge is 0.461 e. The summed E-state index contributed by atoms with van der Waals surface area (Å²) in [5.74, 6) is 0.826. The maximum Gasteiger partial charge on any atom is 0.266 e. The number of hydrogen-bond acceptors (Lipinski definition) is 4. The number of aryl methyl sites for hydroxylation is 1. The average Bonchev–Trinajstić information content (AvgIpc) is 3.21. The normalized spacial score (nSPS) is 13.8. The van der Waals surface area contributed by atoms with Crippen molar-refractivity contribution < 1.29 is 13.2 Å². The first-order valence-electron chi connectivity index (χ1n) is 10.7. The summed E-state index contributed by atoms with van der Waals surface area (Å²) in [4.78, 5) is 0. The van der Waals surface area contributed by atoms with Crippen molar-refractivity contribution in [3.05, 3.63) is 89.2 Å². The summed E-state index contributed by atoms with van der Waals surface area (Å²) in [5, 5.41) is 11.8. The fraction of sp³-hybridized carbons (Fsp3) is 0.160. The third-order valence-electron chi connectivity index (χ3n) is 5.86. The maximum atomic E-state index is 12.4. The highest BCUT2D eigenvalue weighted by Crippen LogP contribution is 2.38. The maximum absolute atomic E-state index is 12.4. The van der Waals surface area contributed by atoms with Gasteiger partial charge in [0.15, 0.2) is 0 Å². The van der Waals surface area contributed by atoms with E-state index in [1.165, 1.54) is 4.31 Å². The molecule has 7 nitrogen and oxygen atoms in total. The molecule has 1 aliphatic rings. The zero-order valence-corrected chi connectivity index (χ0v) is 18.7. The monoisotopic (exact) mass is 460 g/mol. The molecule has 0 fully saturated rings. The molecule has 1 atom stereocenters. The smallest absolute Gasteiger partial charge is 0.266 e. The van der Waals surface area contributed by atoms with Crippen LogP contribution < -0.4 is 15.4 Å². The van der Waals surface area contributed by atoms with E-state index in [0.29, 0.717) is 28.9 Å². The van der Waals surface area contributed by atoms with Crippen LogP contribution in [0.15, 0.2) is 71.1 Å². The standard InChI is InChI=1S/C25H24N4O3S/c26-25(27)18-8-6-16(7-9-18)13-21-14-19-10-11-20(15-23(19)32-21)29(33(30)31)22-5-1-3-17-4-2-12-28-24(17)22/h1,3,5-11,14-15,28H,2,4,12-13H2,(H3,26,27)(H,30,31). The highest BCUT2D eigenvalue weighted by molar-refractivity contribution is 7.81. The predicted octanol–water partition coefficient (Wildman–Crippen LogP) is 4.94. The van der Waals surface area contributed by atoms with E-state index in [4.69, 9.17) is 15.6 Å². The number of fused-ring (bicyclic) bond motifs is 2. The Bertz CT molecular complexity index is 1360. The van der Waals surface area contributed by atoms with Gasteiger partial charge < -0.3 is 15.5 Å². The Hall–Kier alpha value is -3.62. The summed E-state index contributed by atoms with van der Waals surface area (Å²) in [5.41, 5.74) is 11.2. The van der Waals surface area contributed by atoms with Crippen molar-refractivity contribution in [2.45, 2.75) is 19.3 Å². The van der Waals surface area contributed by atoms with E-state index in [1.54, 1.807) is 6.07 Å². The topological polar surface area (TPSA) is 116 Å². The van der Waals surface area contributed by atoms with Gasteiger partial charge in [0.2, 0.25) is 0 Å². The Labute approximate surface area is 194 Å². The van der Waals surface area contributed by atoms with Crippen LogP contribution in [0.2, 0.25) is 0 Å². The van der Waals surface area contributed by atoms with E-state index in [0.717, 1.165) is 47.3 Å². The molecule has 0 saturated heterocycles. The molecule has 1 unspecified atom stereocenters. The minimum Gasteiger partial charge on any atom is -0.461 e. The molecule has 33 heavy (non-hydrogen) atoms. The lowest BCUT2D eigenvalue weighted by Gasteiger charge is -2.27. The van der Waals surface area contributed by atoms with Gasteiger partial charge in [0.1, 0.15) is 17.2 Å². The number of para-hydroxylation sites is 1. The summed E-state index contributed by atoms with van der Waals surface area (Å²) < 4.78 is 30.1. The minimum atomic E-state index is -2.25. The molecule has 3 aromatic carbocycles. The lowest BCUT2D eigenvalue weighted by atomic mass is 10.0. The number of amidine groups is 1. The van der Waals surface area contributed by atoms with Gasteiger partial charge >= 0.3 is 0 Å².